The molecule has 0 saturated carbocycles. The number of nitrogens with zero attached hydrogens (tertiary/aromatic N) is 3. The summed E-state index contributed by atoms with van der Waals surface area (Å²) in [5.41, 5.74) is 0.862. The van der Waals surface area contributed by atoms with Crippen LogP contribution in [0, 0.1) is 5.82 Å². The van der Waals surface area contributed by atoms with Crippen LogP contribution < -0.4 is 0 Å². The predicted octanol–water partition coefficient (Wildman–Crippen LogP) is 2.23. The number of hydrogen-bond acceptors (Lipinski definition) is 3. The van der Waals surface area contributed by atoms with Crippen molar-refractivity contribution in [3.8, 4) is 11.1 Å². The summed E-state index contributed by atoms with van der Waals surface area (Å²) in [6.07, 6.45) is 4.40. The number of imidazole rings is 1. The minimum Gasteiger partial charge on any atom is -0.476 e. The number of halogens is 1. The van der Waals surface area contributed by atoms with Gasteiger partial charge < -0.3 is 5.11 Å². The van der Waals surface area contributed by atoms with Crippen molar-refractivity contribution < 1.29 is 14.3 Å². The van der Waals surface area contributed by atoms with Crippen LogP contribution in [0.3, 0.4) is 0 Å². The fourth-order valence-electron chi connectivity index (χ4n) is 1.82. The van der Waals surface area contributed by atoms with Crippen molar-refractivity contribution in [1.82, 2.24) is 14.4 Å². The van der Waals surface area contributed by atoms with E-state index < -0.39 is 5.97 Å². The summed E-state index contributed by atoms with van der Waals surface area (Å²) in [4.78, 5) is 18.7. The molecule has 0 unspecified atom stereocenters. The van der Waals surface area contributed by atoms with Crippen molar-refractivity contribution in [2.45, 2.75) is 0 Å². The summed E-state index contributed by atoms with van der Waals surface area (Å²) in [7, 11) is 0. The Morgan fingerprint density at radius 3 is 2.79 bits per heavy atom. The fourth-order valence-corrected chi connectivity index (χ4v) is 1.82. The predicted molar refractivity (Wildman–Crippen MR) is 65.3 cm³/mol. The summed E-state index contributed by atoms with van der Waals surface area (Å²) < 4.78 is 15.1. The third kappa shape index (κ3) is 1.93. The van der Waals surface area contributed by atoms with Gasteiger partial charge in [-0.3, -0.25) is 4.40 Å². The number of aromatic carboxylic acids is 1. The Labute approximate surface area is 107 Å². The Balaban J connectivity index is 2.16. The van der Waals surface area contributed by atoms with Crippen LogP contribution in [-0.2, 0) is 0 Å². The first-order chi connectivity index (χ1) is 9.15. The molecule has 0 aliphatic carbocycles. The first-order valence-corrected chi connectivity index (χ1v) is 5.48. The number of carboxylic acids is 1. The highest BCUT2D eigenvalue weighted by atomic mass is 19.1. The number of carbonyl (C=O) groups is 1. The summed E-state index contributed by atoms with van der Waals surface area (Å²) >= 11 is 0. The van der Waals surface area contributed by atoms with Crippen LogP contribution in [0.1, 0.15) is 10.5 Å². The van der Waals surface area contributed by atoms with Gasteiger partial charge in [0, 0.05) is 29.7 Å². The van der Waals surface area contributed by atoms with E-state index in [9.17, 15) is 9.18 Å². The molecule has 0 atom stereocenters. The minimum absolute atomic E-state index is 0.0989. The second-order valence-corrected chi connectivity index (χ2v) is 3.96. The fraction of sp³-hybridized carbons (Fsp3) is 0. The third-order valence-electron chi connectivity index (χ3n) is 2.71. The molecular formula is C13H8FN3O2. The maximum absolute atomic E-state index is 13.7. The van der Waals surface area contributed by atoms with Crippen LogP contribution in [0.25, 0.3) is 16.9 Å². The summed E-state index contributed by atoms with van der Waals surface area (Å²) in [6, 6.07) is 6.31. The first kappa shape index (κ1) is 11.3. The SMILES string of the molecule is O=C(O)c1cn2cc(-c3ccccc3F)cnc2n1. The minimum atomic E-state index is -1.13. The van der Waals surface area contributed by atoms with Gasteiger partial charge in [-0.05, 0) is 6.07 Å². The third-order valence-corrected chi connectivity index (χ3v) is 2.71. The Hall–Kier alpha value is -2.76. The number of carboxylic acid groups (broad SMARTS) is 1. The molecule has 6 heteroatoms. The molecule has 5 nitrogen and oxygen atoms in total. The van der Waals surface area contributed by atoms with E-state index in [1.807, 2.05) is 0 Å². The van der Waals surface area contributed by atoms with Gasteiger partial charge in [0.2, 0.25) is 5.78 Å². The van der Waals surface area contributed by atoms with E-state index in [2.05, 4.69) is 9.97 Å². The number of hydrogen-bond donors (Lipinski definition) is 1. The van der Waals surface area contributed by atoms with Crippen LogP contribution in [0.15, 0.2) is 42.9 Å². The average molecular weight is 257 g/mol. The molecule has 0 aliphatic heterocycles. The second kappa shape index (κ2) is 4.16. The van der Waals surface area contributed by atoms with Crippen molar-refractivity contribution in [3.63, 3.8) is 0 Å². The van der Waals surface area contributed by atoms with Gasteiger partial charge in [0.15, 0.2) is 5.69 Å². The summed E-state index contributed by atoms with van der Waals surface area (Å²) in [6.45, 7) is 0. The molecule has 2 heterocycles. The van der Waals surface area contributed by atoms with Gasteiger partial charge in [-0.15, -0.1) is 0 Å². The Kier molecular flexibility index (Phi) is 2.49. The molecule has 3 rings (SSSR count). The molecule has 1 aromatic carbocycles. The van der Waals surface area contributed by atoms with Crippen LogP contribution >= 0.6 is 0 Å². The number of aromatic nitrogens is 3. The van der Waals surface area contributed by atoms with Crippen molar-refractivity contribution in [3.05, 3.63) is 54.4 Å². The molecule has 1 N–H and O–H groups in total. The number of fused-ring (bicyclic) bond motifs is 1. The van der Waals surface area contributed by atoms with Crippen molar-refractivity contribution >= 4 is 11.7 Å². The van der Waals surface area contributed by atoms with Crippen LogP contribution in [-0.4, -0.2) is 25.4 Å². The molecule has 0 bridgehead atoms. The van der Waals surface area contributed by atoms with Gasteiger partial charge in [0.25, 0.3) is 0 Å². The van der Waals surface area contributed by atoms with E-state index in [1.54, 1.807) is 24.4 Å². The van der Waals surface area contributed by atoms with E-state index in [4.69, 9.17) is 5.11 Å². The van der Waals surface area contributed by atoms with Crippen molar-refractivity contribution in [1.29, 1.82) is 0 Å². The van der Waals surface area contributed by atoms with Gasteiger partial charge in [0.05, 0.1) is 0 Å². The van der Waals surface area contributed by atoms with Crippen molar-refractivity contribution in [2.24, 2.45) is 0 Å². The van der Waals surface area contributed by atoms with E-state index >= 15 is 0 Å². The molecule has 19 heavy (non-hydrogen) atoms. The van der Waals surface area contributed by atoms with Crippen LogP contribution in [0.2, 0.25) is 0 Å². The molecule has 0 amide bonds. The zero-order valence-corrected chi connectivity index (χ0v) is 9.62. The van der Waals surface area contributed by atoms with Crippen LogP contribution in [0.4, 0.5) is 4.39 Å². The summed E-state index contributed by atoms with van der Waals surface area (Å²) in [5, 5.41) is 8.85. The zero-order valence-electron chi connectivity index (χ0n) is 9.62. The molecule has 0 radical (unpaired) electrons. The van der Waals surface area contributed by atoms with E-state index in [-0.39, 0.29) is 17.3 Å². The number of benzene rings is 1. The number of rotatable bonds is 2. The molecule has 0 aliphatic rings. The van der Waals surface area contributed by atoms with Gasteiger partial charge in [-0.25, -0.2) is 19.2 Å². The quantitative estimate of drug-likeness (QED) is 0.764. The van der Waals surface area contributed by atoms with Crippen molar-refractivity contribution in [2.75, 3.05) is 0 Å². The smallest absolute Gasteiger partial charge is 0.356 e. The molecule has 0 fully saturated rings. The maximum atomic E-state index is 13.7. The lowest BCUT2D eigenvalue weighted by molar-refractivity contribution is 0.0691. The molecule has 0 saturated heterocycles. The van der Waals surface area contributed by atoms with Gasteiger partial charge >= 0.3 is 5.97 Å². The largest absolute Gasteiger partial charge is 0.476 e. The average Bonchev–Trinajstić information content (AvgIpc) is 2.82. The van der Waals surface area contributed by atoms with Gasteiger partial charge in [0.1, 0.15) is 5.82 Å². The highest BCUT2D eigenvalue weighted by molar-refractivity contribution is 5.85. The topological polar surface area (TPSA) is 67.5 Å². The van der Waals surface area contributed by atoms with E-state index in [0.717, 1.165) is 0 Å². The lowest BCUT2D eigenvalue weighted by atomic mass is 10.1. The van der Waals surface area contributed by atoms with Crippen LogP contribution in [0.5, 0.6) is 0 Å². The van der Waals surface area contributed by atoms with Gasteiger partial charge in [-0.1, -0.05) is 18.2 Å². The molecule has 0 spiro atoms. The summed E-state index contributed by atoms with van der Waals surface area (Å²) in [5.74, 6) is -1.22. The zero-order chi connectivity index (χ0) is 13.4. The lowest BCUT2D eigenvalue weighted by Crippen LogP contribution is -1.94. The normalized spacial score (nSPS) is 10.8. The Bertz CT molecular complexity index is 782. The van der Waals surface area contributed by atoms with Gasteiger partial charge in [-0.2, -0.15) is 0 Å². The Morgan fingerprint density at radius 1 is 1.26 bits per heavy atom. The Morgan fingerprint density at radius 2 is 2.05 bits per heavy atom. The standard InChI is InChI=1S/C13H8FN3O2/c14-10-4-2-1-3-9(10)8-5-15-13-16-11(12(18)19)7-17(13)6-8/h1-7H,(H,18,19). The van der Waals surface area contributed by atoms with E-state index in [1.165, 1.54) is 22.9 Å². The monoisotopic (exact) mass is 257 g/mol. The second-order valence-electron chi connectivity index (χ2n) is 3.96. The molecular weight excluding hydrogens is 249 g/mol. The highest BCUT2D eigenvalue weighted by Crippen LogP contribution is 2.21. The lowest BCUT2D eigenvalue weighted by Gasteiger charge is -2.02. The highest BCUT2D eigenvalue weighted by Gasteiger charge is 2.11. The maximum Gasteiger partial charge on any atom is 0.356 e. The first-order valence-electron chi connectivity index (χ1n) is 5.48. The molecule has 94 valence electrons. The van der Waals surface area contributed by atoms with E-state index in [0.29, 0.717) is 11.1 Å². The molecule has 3 aromatic rings. The molecule has 2 aromatic heterocycles.